The van der Waals surface area contributed by atoms with Crippen LogP contribution in [0, 0.1) is 0 Å². The number of aromatic nitrogens is 2. The first kappa shape index (κ1) is 11.0. The van der Waals surface area contributed by atoms with Crippen LogP contribution in [-0.4, -0.2) is 29.3 Å². The number of imidazole rings is 1. The summed E-state index contributed by atoms with van der Waals surface area (Å²) >= 11 is 0. The third kappa shape index (κ3) is 3.38. The normalized spacial score (nSPS) is 10.4. The Balaban J connectivity index is 2.17. The predicted octanol–water partition coefficient (Wildman–Crippen LogP) is 1.74. The van der Waals surface area contributed by atoms with Gasteiger partial charge in [-0.25, -0.2) is 4.98 Å². The van der Waals surface area contributed by atoms with Crippen LogP contribution in [-0.2, 0) is 11.3 Å². The molecule has 0 atom stereocenters. The standard InChI is InChI=1S/C10H19N3O/c1-3-13-8-7-12-10(13)11-6-5-9-14-4-2/h7-8H,3-6,9H2,1-2H3,(H,11,12). The molecule has 0 aliphatic heterocycles. The lowest BCUT2D eigenvalue weighted by Gasteiger charge is -2.07. The van der Waals surface area contributed by atoms with Gasteiger partial charge in [-0.1, -0.05) is 0 Å². The zero-order valence-corrected chi connectivity index (χ0v) is 8.99. The second-order valence-electron chi connectivity index (χ2n) is 3.01. The summed E-state index contributed by atoms with van der Waals surface area (Å²) in [5.74, 6) is 0.948. The minimum atomic E-state index is 0.795. The molecule has 0 spiro atoms. The minimum absolute atomic E-state index is 0.795. The highest BCUT2D eigenvalue weighted by Crippen LogP contribution is 2.03. The Labute approximate surface area is 85.3 Å². The highest BCUT2D eigenvalue weighted by atomic mass is 16.5. The fourth-order valence-corrected chi connectivity index (χ4v) is 1.25. The van der Waals surface area contributed by atoms with E-state index < -0.39 is 0 Å². The van der Waals surface area contributed by atoms with Crippen molar-refractivity contribution < 1.29 is 4.74 Å². The summed E-state index contributed by atoms with van der Waals surface area (Å²) < 4.78 is 7.33. The van der Waals surface area contributed by atoms with Gasteiger partial charge in [0.05, 0.1) is 0 Å². The molecular weight excluding hydrogens is 178 g/mol. The van der Waals surface area contributed by atoms with Crippen molar-refractivity contribution >= 4 is 5.95 Å². The zero-order chi connectivity index (χ0) is 10.2. The molecule has 0 aromatic carbocycles. The lowest BCUT2D eigenvalue weighted by Crippen LogP contribution is -2.10. The first-order chi connectivity index (χ1) is 6.88. The van der Waals surface area contributed by atoms with Crippen molar-refractivity contribution in [3.63, 3.8) is 0 Å². The van der Waals surface area contributed by atoms with E-state index >= 15 is 0 Å². The van der Waals surface area contributed by atoms with Crippen LogP contribution in [0.5, 0.6) is 0 Å². The molecule has 1 heterocycles. The van der Waals surface area contributed by atoms with Gasteiger partial charge >= 0.3 is 0 Å². The molecule has 1 N–H and O–H groups in total. The van der Waals surface area contributed by atoms with Crippen LogP contribution in [0.25, 0.3) is 0 Å². The second-order valence-corrected chi connectivity index (χ2v) is 3.01. The summed E-state index contributed by atoms with van der Waals surface area (Å²) in [7, 11) is 0. The van der Waals surface area contributed by atoms with Crippen molar-refractivity contribution in [3.8, 4) is 0 Å². The maximum Gasteiger partial charge on any atom is 0.202 e. The molecule has 0 saturated heterocycles. The van der Waals surface area contributed by atoms with Gasteiger partial charge in [0, 0.05) is 38.7 Å². The number of nitrogens with zero attached hydrogens (tertiary/aromatic N) is 2. The molecule has 4 heteroatoms. The predicted molar refractivity (Wildman–Crippen MR) is 57.5 cm³/mol. The minimum Gasteiger partial charge on any atom is -0.382 e. The van der Waals surface area contributed by atoms with Gasteiger partial charge in [-0.3, -0.25) is 0 Å². The number of hydrogen-bond acceptors (Lipinski definition) is 3. The van der Waals surface area contributed by atoms with Gasteiger partial charge in [0.2, 0.25) is 5.95 Å². The third-order valence-corrected chi connectivity index (χ3v) is 2.01. The van der Waals surface area contributed by atoms with E-state index in [2.05, 4.69) is 21.8 Å². The first-order valence-electron chi connectivity index (χ1n) is 5.21. The lowest BCUT2D eigenvalue weighted by molar-refractivity contribution is 0.147. The van der Waals surface area contributed by atoms with Gasteiger partial charge < -0.3 is 14.6 Å². The molecule has 80 valence electrons. The second kappa shape index (κ2) is 6.43. The van der Waals surface area contributed by atoms with E-state index in [4.69, 9.17) is 4.74 Å². The van der Waals surface area contributed by atoms with Crippen LogP contribution in [0.1, 0.15) is 20.3 Å². The van der Waals surface area contributed by atoms with Crippen molar-refractivity contribution in [1.82, 2.24) is 9.55 Å². The van der Waals surface area contributed by atoms with Crippen LogP contribution in [0.3, 0.4) is 0 Å². The lowest BCUT2D eigenvalue weighted by atomic mass is 10.4. The van der Waals surface area contributed by atoms with Crippen LogP contribution in [0.2, 0.25) is 0 Å². The van der Waals surface area contributed by atoms with E-state index in [9.17, 15) is 0 Å². The summed E-state index contributed by atoms with van der Waals surface area (Å²) in [4.78, 5) is 4.22. The maximum atomic E-state index is 5.24. The monoisotopic (exact) mass is 197 g/mol. The maximum absolute atomic E-state index is 5.24. The van der Waals surface area contributed by atoms with Gasteiger partial charge in [-0.05, 0) is 20.3 Å². The summed E-state index contributed by atoms with van der Waals surface area (Å²) in [5.41, 5.74) is 0. The first-order valence-corrected chi connectivity index (χ1v) is 5.21. The Morgan fingerprint density at radius 2 is 2.36 bits per heavy atom. The van der Waals surface area contributed by atoms with E-state index in [-0.39, 0.29) is 0 Å². The van der Waals surface area contributed by atoms with E-state index in [1.165, 1.54) is 0 Å². The topological polar surface area (TPSA) is 39.1 Å². The van der Waals surface area contributed by atoms with Crippen LogP contribution in [0.4, 0.5) is 5.95 Å². The van der Waals surface area contributed by atoms with Gasteiger partial charge in [0.15, 0.2) is 0 Å². The molecule has 1 aromatic rings. The van der Waals surface area contributed by atoms with Gasteiger partial charge in [0.1, 0.15) is 0 Å². The molecule has 1 aromatic heterocycles. The molecule has 0 aliphatic carbocycles. The smallest absolute Gasteiger partial charge is 0.202 e. The Kier molecular flexibility index (Phi) is 5.07. The molecule has 0 saturated carbocycles. The molecule has 0 unspecified atom stereocenters. The Morgan fingerprint density at radius 3 is 3.07 bits per heavy atom. The van der Waals surface area contributed by atoms with Crippen molar-refractivity contribution in [2.45, 2.75) is 26.8 Å². The Bertz CT molecular complexity index is 247. The third-order valence-electron chi connectivity index (χ3n) is 2.01. The molecule has 14 heavy (non-hydrogen) atoms. The van der Waals surface area contributed by atoms with Gasteiger partial charge in [-0.15, -0.1) is 0 Å². The molecular formula is C10H19N3O. The molecule has 1 rings (SSSR count). The number of rotatable bonds is 7. The number of anilines is 1. The van der Waals surface area contributed by atoms with E-state index in [0.29, 0.717) is 0 Å². The number of hydrogen-bond donors (Lipinski definition) is 1. The number of ether oxygens (including phenoxy) is 1. The van der Waals surface area contributed by atoms with Crippen molar-refractivity contribution in [2.75, 3.05) is 25.1 Å². The van der Waals surface area contributed by atoms with Crippen LogP contribution < -0.4 is 5.32 Å². The molecule has 0 amide bonds. The molecule has 0 radical (unpaired) electrons. The number of nitrogens with one attached hydrogen (secondary N) is 1. The van der Waals surface area contributed by atoms with Crippen LogP contribution >= 0.6 is 0 Å². The van der Waals surface area contributed by atoms with Crippen molar-refractivity contribution in [1.29, 1.82) is 0 Å². The zero-order valence-electron chi connectivity index (χ0n) is 8.99. The molecule has 0 bridgehead atoms. The van der Waals surface area contributed by atoms with Crippen LogP contribution in [0.15, 0.2) is 12.4 Å². The fourth-order valence-electron chi connectivity index (χ4n) is 1.25. The molecule has 0 fully saturated rings. The summed E-state index contributed by atoms with van der Waals surface area (Å²) in [6.45, 7) is 7.59. The van der Waals surface area contributed by atoms with Crippen molar-refractivity contribution in [3.05, 3.63) is 12.4 Å². The van der Waals surface area contributed by atoms with Gasteiger partial charge in [-0.2, -0.15) is 0 Å². The molecule has 4 nitrogen and oxygen atoms in total. The Morgan fingerprint density at radius 1 is 1.50 bits per heavy atom. The highest BCUT2D eigenvalue weighted by Gasteiger charge is 1.98. The Hall–Kier alpha value is -1.03. The quantitative estimate of drug-likeness (QED) is 0.677. The average Bonchev–Trinajstić information content (AvgIpc) is 2.65. The summed E-state index contributed by atoms with van der Waals surface area (Å²) in [6.07, 6.45) is 4.81. The van der Waals surface area contributed by atoms with E-state index in [0.717, 1.165) is 38.7 Å². The molecule has 0 aliphatic rings. The van der Waals surface area contributed by atoms with Gasteiger partial charge in [0.25, 0.3) is 0 Å². The van der Waals surface area contributed by atoms with E-state index in [1.54, 1.807) is 0 Å². The number of aryl methyl sites for hydroxylation is 1. The van der Waals surface area contributed by atoms with E-state index in [1.807, 2.05) is 19.3 Å². The summed E-state index contributed by atoms with van der Waals surface area (Å²) in [5, 5.41) is 3.27. The average molecular weight is 197 g/mol. The largest absolute Gasteiger partial charge is 0.382 e. The summed E-state index contributed by atoms with van der Waals surface area (Å²) in [6, 6.07) is 0. The SMILES string of the molecule is CCOCCCNc1nccn1CC. The highest BCUT2D eigenvalue weighted by molar-refractivity contribution is 5.25. The van der Waals surface area contributed by atoms with Crippen molar-refractivity contribution in [2.24, 2.45) is 0 Å². The fraction of sp³-hybridized carbons (Fsp3) is 0.700.